The van der Waals surface area contributed by atoms with Crippen LogP contribution in [0.3, 0.4) is 0 Å². The third kappa shape index (κ3) is 5.36. The van der Waals surface area contributed by atoms with Gasteiger partial charge in [0.2, 0.25) is 0 Å². The molecule has 0 atom stereocenters. The molecule has 2 rings (SSSR count). The first kappa shape index (κ1) is 18.0. The van der Waals surface area contributed by atoms with Gasteiger partial charge in [0.15, 0.2) is 0 Å². The first-order valence-corrected chi connectivity index (χ1v) is 8.29. The van der Waals surface area contributed by atoms with Crippen molar-refractivity contribution >= 4 is 29.1 Å². The van der Waals surface area contributed by atoms with Gasteiger partial charge in [-0.2, -0.15) is 5.26 Å². The van der Waals surface area contributed by atoms with E-state index in [1.54, 1.807) is 23.1 Å². The quantitative estimate of drug-likeness (QED) is 0.787. The van der Waals surface area contributed by atoms with Gasteiger partial charge < -0.3 is 9.64 Å². The van der Waals surface area contributed by atoms with Crippen LogP contribution in [0.15, 0.2) is 18.2 Å². The highest BCUT2D eigenvalue weighted by molar-refractivity contribution is 6.35. The number of morpholine rings is 1. The monoisotopic (exact) mass is 355 g/mol. The third-order valence-corrected chi connectivity index (χ3v) is 4.29. The predicted molar refractivity (Wildman–Crippen MR) is 89.9 cm³/mol. The van der Waals surface area contributed by atoms with Gasteiger partial charge in [-0.3, -0.25) is 9.69 Å². The number of amides is 1. The minimum Gasteiger partial charge on any atom is -0.379 e. The second-order valence-corrected chi connectivity index (χ2v) is 6.12. The van der Waals surface area contributed by atoms with Crippen molar-refractivity contribution in [3.8, 4) is 6.07 Å². The number of hydrogen-bond donors (Lipinski definition) is 0. The summed E-state index contributed by atoms with van der Waals surface area (Å²) in [6.45, 7) is 4.82. The Kier molecular flexibility index (Phi) is 7.13. The van der Waals surface area contributed by atoms with E-state index >= 15 is 0 Å². The summed E-state index contributed by atoms with van der Waals surface area (Å²) in [6.07, 6.45) is 0.285. The first-order chi connectivity index (χ1) is 11.1. The van der Waals surface area contributed by atoms with Crippen molar-refractivity contribution in [3.05, 3.63) is 33.8 Å². The summed E-state index contributed by atoms with van der Waals surface area (Å²) in [6, 6.07) is 6.91. The van der Waals surface area contributed by atoms with Gasteiger partial charge in [0, 0.05) is 37.7 Å². The summed E-state index contributed by atoms with van der Waals surface area (Å²) in [5.74, 6) is -0.194. The van der Waals surface area contributed by atoms with Gasteiger partial charge in [0.1, 0.15) is 0 Å². The van der Waals surface area contributed by atoms with Crippen LogP contribution in [0.1, 0.15) is 16.8 Å². The van der Waals surface area contributed by atoms with Gasteiger partial charge in [-0.15, -0.1) is 0 Å². The zero-order chi connectivity index (χ0) is 16.7. The van der Waals surface area contributed by atoms with E-state index in [0.717, 1.165) is 19.6 Å². The first-order valence-electron chi connectivity index (χ1n) is 7.53. The van der Waals surface area contributed by atoms with Gasteiger partial charge in [-0.05, 0) is 18.2 Å². The molecule has 1 aromatic rings. The van der Waals surface area contributed by atoms with E-state index in [1.807, 2.05) is 0 Å². The van der Waals surface area contributed by atoms with Gasteiger partial charge in [0.05, 0.1) is 36.3 Å². The van der Waals surface area contributed by atoms with Crippen molar-refractivity contribution in [2.24, 2.45) is 0 Å². The Labute approximate surface area is 146 Å². The number of carbonyl (C=O) groups excluding carboxylic acids is 1. The Morgan fingerprint density at radius 2 is 2.04 bits per heavy atom. The van der Waals surface area contributed by atoms with E-state index in [9.17, 15) is 4.79 Å². The Balaban J connectivity index is 2.05. The highest BCUT2D eigenvalue weighted by atomic mass is 35.5. The van der Waals surface area contributed by atoms with Crippen molar-refractivity contribution in [2.75, 3.05) is 45.9 Å². The molecule has 1 fully saturated rings. The Morgan fingerprint density at radius 3 is 2.74 bits per heavy atom. The molecule has 1 aliphatic rings. The molecule has 0 aliphatic carbocycles. The lowest BCUT2D eigenvalue weighted by atomic mass is 10.2. The highest BCUT2D eigenvalue weighted by Crippen LogP contribution is 2.22. The van der Waals surface area contributed by atoms with E-state index in [1.165, 1.54) is 0 Å². The second kappa shape index (κ2) is 9.09. The fourth-order valence-corrected chi connectivity index (χ4v) is 2.79. The number of benzene rings is 1. The molecule has 7 heteroatoms. The lowest BCUT2D eigenvalue weighted by Crippen LogP contribution is -2.43. The van der Waals surface area contributed by atoms with Crippen molar-refractivity contribution in [2.45, 2.75) is 6.42 Å². The molecule has 1 heterocycles. The lowest BCUT2D eigenvalue weighted by molar-refractivity contribution is 0.0326. The fourth-order valence-electron chi connectivity index (χ4n) is 2.42. The lowest BCUT2D eigenvalue weighted by Gasteiger charge is -2.30. The number of rotatable bonds is 6. The van der Waals surface area contributed by atoms with Crippen LogP contribution >= 0.6 is 23.2 Å². The van der Waals surface area contributed by atoms with E-state index in [2.05, 4.69) is 11.0 Å². The van der Waals surface area contributed by atoms with E-state index < -0.39 is 0 Å². The van der Waals surface area contributed by atoms with Crippen LogP contribution in [0.2, 0.25) is 10.0 Å². The molecule has 1 saturated heterocycles. The van der Waals surface area contributed by atoms with E-state index in [0.29, 0.717) is 41.9 Å². The zero-order valence-electron chi connectivity index (χ0n) is 12.8. The Morgan fingerprint density at radius 1 is 1.30 bits per heavy atom. The molecule has 0 unspecified atom stereocenters. The summed E-state index contributed by atoms with van der Waals surface area (Å²) >= 11 is 12.1. The van der Waals surface area contributed by atoms with Crippen molar-refractivity contribution in [1.82, 2.24) is 9.80 Å². The SMILES string of the molecule is N#CCCN(CCN1CCOCC1)C(=O)c1cc(Cl)ccc1Cl. The Hall–Kier alpha value is -1.32. The van der Waals surface area contributed by atoms with Gasteiger partial charge in [-0.1, -0.05) is 23.2 Å². The van der Waals surface area contributed by atoms with Crippen LogP contribution in [-0.4, -0.2) is 61.6 Å². The minimum atomic E-state index is -0.194. The maximum atomic E-state index is 12.7. The molecule has 5 nitrogen and oxygen atoms in total. The molecular formula is C16H19Cl2N3O2. The maximum Gasteiger partial charge on any atom is 0.255 e. The third-order valence-electron chi connectivity index (χ3n) is 3.73. The zero-order valence-corrected chi connectivity index (χ0v) is 14.3. The van der Waals surface area contributed by atoms with Gasteiger partial charge >= 0.3 is 0 Å². The number of ether oxygens (including phenoxy) is 1. The summed E-state index contributed by atoms with van der Waals surface area (Å²) < 4.78 is 5.32. The molecule has 0 aromatic heterocycles. The largest absolute Gasteiger partial charge is 0.379 e. The molecule has 1 aromatic carbocycles. The smallest absolute Gasteiger partial charge is 0.255 e. The summed E-state index contributed by atoms with van der Waals surface area (Å²) in [4.78, 5) is 16.6. The molecule has 0 N–H and O–H groups in total. The van der Waals surface area contributed by atoms with Crippen molar-refractivity contribution < 1.29 is 9.53 Å². The molecule has 124 valence electrons. The number of nitriles is 1. The number of nitrogens with zero attached hydrogens (tertiary/aromatic N) is 3. The second-order valence-electron chi connectivity index (χ2n) is 5.28. The predicted octanol–water partition coefficient (Wildman–Crippen LogP) is 2.68. The standard InChI is InChI=1S/C16H19Cl2N3O2/c17-13-2-3-15(18)14(12-13)16(22)21(5-1-4-19)7-6-20-8-10-23-11-9-20/h2-3,12H,1,5-11H2. The van der Waals surface area contributed by atoms with Crippen LogP contribution in [0.5, 0.6) is 0 Å². The molecular weight excluding hydrogens is 337 g/mol. The van der Waals surface area contributed by atoms with Crippen LogP contribution in [0, 0.1) is 11.3 Å². The fraction of sp³-hybridized carbons (Fsp3) is 0.500. The van der Waals surface area contributed by atoms with Crippen LogP contribution < -0.4 is 0 Å². The van der Waals surface area contributed by atoms with Gasteiger partial charge in [-0.25, -0.2) is 0 Å². The van der Waals surface area contributed by atoms with Crippen molar-refractivity contribution in [3.63, 3.8) is 0 Å². The number of hydrogen-bond acceptors (Lipinski definition) is 4. The molecule has 23 heavy (non-hydrogen) atoms. The minimum absolute atomic E-state index is 0.194. The molecule has 1 amide bonds. The molecule has 0 radical (unpaired) electrons. The number of carbonyl (C=O) groups is 1. The van der Waals surface area contributed by atoms with Crippen molar-refractivity contribution in [1.29, 1.82) is 5.26 Å². The average Bonchev–Trinajstić information content (AvgIpc) is 2.57. The van der Waals surface area contributed by atoms with E-state index in [4.69, 9.17) is 33.2 Å². The summed E-state index contributed by atoms with van der Waals surface area (Å²) in [5, 5.41) is 9.65. The molecule has 0 bridgehead atoms. The van der Waals surface area contributed by atoms with Gasteiger partial charge in [0.25, 0.3) is 5.91 Å². The summed E-state index contributed by atoms with van der Waals surface area (Å²) in [7, 11) is 0. The summed E-state index contributed by atoms with van der Waals surface area (Å²) in [5.41, 5.74) is 0.374. The van der Waals surface area contributed by atoms with Crippen LogP contribution in [0.4, 0.5) is 0 Å². The highest BCUT2D eigenvalue weighted by Gasteiger charge is 2.20. The van der Waals surface area contributed by atoms with Crippen LogP contribution in [0.25, 0.3) is 0 Å². The molecule has 1 aliphatic heterocycles. The van der Waals surface area contributed by atoms with E-state index in [-0.39, 0.29) is 12.3 Å². The molecule has 0 saturated carbocycles. The Bertz CT molecular complexity index is 583. The normalized spacial score (nSPS) is 15.2. The maximum absolute atomic E-state index is 12.7. The average molecular weight is 356 g/mol. The molecule has 0 spiro atoms. The number of halogens is 2. The topological polar surface area (TPSA) is 56.6 Å². The van der Waals surface area contributed by atoms with Crippen LogP contribution in [-0.2, 0) is 4.74 Å².